The van der Waals surface area contributed by atoms with Gasteiger partial charge < -0.3 is 5.32 Å². The van der Waals surface area contributed by atoms with E-state index in [1.807, 2.05) is 5.43 Å². The van der Waals surface area contributed by atoms with Crippen LogP contribution in [0, 0.1) is 12.7 Å². The molecular formula is C8H10FN3O. The number of halogens is 1. The maximum atomic E-state index is 13.0. The molecule has 0 aliphatic rings. The number of nitrogens with one attached hydrogen (secondary N) is 2. The highest BCUT2D eigenvalue weighted by atomic mass is 19.1. The van der Waals surface area contributed by atoms with E-state index >= 15 is 0 Å². The van der Waals surface area contributed by atoms with Gasteiger partial charge in [-0.2, -0.15) is 0 Å². The van der Waals surface area contributed by atoms with E-state index in [1.54, 1.807) is 13.0 Å². The van der Waals surface area contributed by atoms with Crippen LogP contribution in [0.4, 0.5) is 14.9 Å². The molecule has 0 unspecified atom stereocenters. The Bertz CT molecular complexity index is 327. The van der Waals surface area contributed by atoms with Crippen LogP contribution in [0.2, 0.25) is 0 Å². The topological polar surface area (TPSA) is 67.2 Å². The number of hydrogen-bond acceptors (Lipinski definition) is 2. The average molecular weight is 183 g/mol. The molecule has 4 N–H and O–H groups in total. The molecule has 0 spiro atoms. The second-order valence-electron chi connectivity index (χ2n) is 2.58. The maximum Gasteiger partial charge on any atom is 0.333 e. The summed E-state index contributed by atoms with van der Waals surface area (Å²) in [6, 6.07) is 3.76. The molecule has 0 aliphatic carbocycles. The monoisotopic (exact) mass is 183 g/mol. The van der Waals surface area contributed by atoms with E-state index in [1.165, 1.54) is 12.1 Å². The first-order chi connectivity index (χ1) is 6.13. The number of aryl methyl sites for hydroxylation is 1. The van der Waals surface area contributed by atoms with Crippen molar-refractivity contribution >= 4 is 11.7 Å². The lowest BCUT2D eigenvalue weighted by atomic mass is 10.2. The van der Waals surface area contributed by atoms with E-state index in [2.05, 4.69) is 5.32 Å². The summed E-state index contributed by atoms with van der Waals surface area (Å²) >= 11 is 0. The second kappa shape index (κ2) is 3.86. The lowest BCUT2D eigenvalue weighted by molar-refractivity contribution is 0.252. The van der Waals surface area contributed by atoms with Crippen LogP contribution in [-0.2, 0) is 0 Å². The Labute approximate surface area is 74.9 Å². The molecule has 2 amide bonds. The van der Waals surface area contributed by atoms with Gasteiger partial charge >= 0.3 is 6.03 Å². The number of amides is 2. The second-order valence-corrected chi connectivity index (χ2v) is 2.58. The molecule has 1 aromatic carbocycles. The zero-order valence-electron chi connectivity index (χ0n) is 7.10. The van der Waals surface area contributed by atoms with Gasteiger partial charge in [0.15, 0.2) is 0 Å². The largest absolute Gasteiger partial charge is 0.333 e. The van der Waals surface area contributed by atoms with Crippen LogP contribution >= 0.6 is 0 Å². The molecule has 5 heteroatoms. The van der Waals surface area contributed by atoms with Gasteiger partial charge in [-0.25, -0.2) is 15.0 Å². The Morgan fingerprint density at radius 3 is 2.85 bits per heavy atom. The van der Waals surface area contributed by atoms with Crippen LogP contribution in [0.3, 0.4) is 0 Å². The summed E-state index contributed by atoms with van der Waals surface area (Å²) in [6.45, 7) is 1.80. The van der Waals surface area contributed by atoms with Crippen LogP contribution in [0.5, 0.6) is 0 Å². The first kappa shape index (κ1) is 9.47. The Morgan fingerprint density at radius 1 is 1.54 bits per heavy atom. The molecule has 1 rings (SSSR count). The third-order valence-corrected chi connectivity index (χ3v) is 1.50. The molecule has 0 radical (unpaired) electrons. The third kappa shape index (κ3) is 2.41. The fourth-order valence-electron chi connectivity index (χ4n) is 0.893. The van der Waals surface area contributed by atoms with Gasteiger partial charge in [0.25, 0.3) is 0 Å². The van der Waals surface area contributed by atoms with E-state index in [-0.39, 0.29) is 5.69 Å². The first-order valence-corrected chi connectivity index (χ1v) is 3.67. The Balaban J connectivity index is 2.87. The lowest BCUT2D eigenvalue weighted by Crippen LogP contribution is -2.34. The summed E-state index contributed by atoms with van der Waals surface area (Å²) < 4.78 is 13.0. The quantitative estimate of drug-likeness (QED) is 0.347. The van der Waals surface area contributed by atoms with Crippen LogP contribution < -0.4 is 16.6 Å². The highest BCUT2D eigenvalue weighted by Gasteiger charge is 2.04. The van der Waals surface area contributed by atoms with E-state index in [0.29, 0.717) is 0 Å². The summed E-state index contributed by atoms with van der Waals surface area (Å²) in [4.78, 5) is 10.7. The van der Waals surface area contributed by atoms with Crippen LogP contribution in [0.15, 0.2) is 18.2 Å². The van der Waals surface area contributed by atoms with Crippen molar-refractivity contribution < 1.29 is 9.18 Å². The predicted octanol–water partition coefficient (Wildman–Crippen LogP) is 1.13. The number of benzene rings is 1. The van der Waals surface area contributed by atoms with Crippen molar-refractivity contribution in [3.05, 3.63) is 29.6 Å². The summed E-state index contributed by atoms with van der Waals surface area (Å²) in [6.07, 6.45) is 0. The van der Waals surface area contributed by atoms with Gasteiger partial charge in [0.1, 0.15) is 5.82 Å². The first-order valence-electron chi connectivity index (χ1n) is 3.67. The average Bonchev–Trinajstić information content (AvgIpc) is 2.11. The van der Waals surface area contributed by atoms with Crippen molar-refractivity contribution in [1.29, 1.82) is 0 Å². The minimum atomic E-state index is -0.649. The molecule has 0 atom stereocenters. The molecule has 0 bridgehead atoms. The molecule has 70 valence electrons. The fraction of sp³-hybridized carbons (Fsp3) is 0.125. The van der Waals surface area contributed by atoms with Gasteiger partial charge in [-0.15, -0.1) is 0 Å². The molecule has 1 aromatic rings. The van der Waals surface area contributed by atoms with Crippen molar-refractivity contribution in [1.82, 2.24) is 5.43 Å². The zero-order chi connectivity index (χ0) is 9.84. The van der Waals surface area contributed by atoms with Crippen molar-refractivity contribution in [2.45, 2.75) is 6.92 Å². The van der Waals surface area contributed by atoms with Crippen molar-refractivity contribution in [2.24, 2.45) is 5.84 Å². The molecule has 13 heavy (non-hydrogen) atoms. The smallest absolute Gasteiger partial charge is 0.304 e. The van der Waals surface area contributed by atoms with Gasteiger partial charge in [0, 0.05) is 0 Å². The molecule has 0 saturated carbocycles. The molecule has 0 aromatic heterocycles. The normalized spacial score (nSPS) is 9.46. The highest BCUT2D eigenvalue weighted by molar-refractivity contribution is 5.88. The Kier molecular flexibility index (Phi) is 2.81. The minimum absolute atomic E-state index is 0.114. The van der Waals surface area contributed by atoms with Crippen molar-refractivity contribution in [3.8, 4) is 0 Å². The fourth-order valence-corrected chi connectivity index (χ4v) is 0.893. The Hall–Kier alpha value is -1.62. The van der Waals surface area contributed by atoms with Gasteiger partial charge in [0.2, 0.25) is 0 Å². The number of carbonyl (C=O) groups is 1. The molecule has 0 aliphatic heterocycles. The van der Waals surface area contributed by atoms with E-state index < -0.39 is 11.8 Å². The zero-order valence-corrected chi connectivity index (χ0v) is 7.10. The van der Waals surface area contributed by atoms with E-state index in [4.69, 9.17) is 5.84 Å². The van der Waals surface area contributed by atoms with Gasteiger partial charge in [-0.3, -0.25) is 5.43 Å². The van der Waals surface area contributed by atoms with E-state index in [9.17, 15) is 9.18 Å². The summed E-state index contributed by atoms with van der Waals surface area (Å²) in [5.41, 5.74) is 2.81. The minimum Gasteiger partial charge on any atom is -0.304 e. The van der Waals surface area contributed by atoms with Crippen LogP contribution in [0.25, 0.3) is 0 Å². The number of anilines is 1. The highest BCUT2D eigenvalue weighted by Crippen LogP contribution is 2.14. The molecule has 0 fully saturated rings. The molecule has 4 nitrogen and oxygen atoms in total. The molecule has 0 saturated heterocycles. The number of rotatable bonds is 1. The van der Waals surface area contributed by atoms with Crippen molar-refractivity contribution in [2.75, 3.05) is 5.32 Å². The standard InChI is InChI=1S/C8H10FN3O/c1-5-2-3-6(9)7(4-5)11-8(13)12-10/h2-4H,10H2,1H3,(H2,11,12,13). The van der Waals surface area contributed by atoms with E-state index in [0.717, 1.165) is 5.56 Å². The maximum absolute atomic E-state index is 13.0. The van der Waals surface area contributed by atoms with Gasteiger partial charge in [-0.05, 0) is 24.6 Å². The predicted molar refractivity (Wildman–Crippen MR) is 47.5 cm³/mol. The van der Waals surface area contributed by atoms with Gasteiger partial charge in [0.05, 0.1) is 5.69 Å². The summed E-state index contributed by atoms with van der Waals surface area (Å²) in [7, 11) is 0. The molecular weight excluding hydrogens is 173 g/mol. The molecule has 0 heterocycles. The van der Waals surface area contributed by atoms with Crippen LogP contribution in [0.1, 0.15) is 5.56 Å². The SMILES string of the molecule is Cc1ccc(F)c(NC(=O)NN)c1. The number of hydrazine groups is 1. The number of carbonyl (C=O) groups excluding carboxylic acids is 1. The summed E-state index contributed by atoms with van der Waals surface area (Å²) in [5.74, 6) is 4.33. The lowest BCUT2D eigenvalue weighted by Gasteiger charge is -2.05. The third-order valence-electron chi connectivity index (χ3n) is 1.50. The number of nitrogens with two attached hydrogens (primary N) is 1. The van der Waals surface area contributed by atoms with Crippen LogP contribution in [-0.4, -0.2) is 6.03 Å². The summed E-state index contributed by atoms with van der Waals surface area (Å²) in [5, 5.41) is 2.25. The Morgan fingerprint density at radius 2 is 2.23 bits per heavy atom. The number of urea groups is 1. The van der Waals surface area contributed by atoms with Crippen molar-refractivity contribution in [3.63, 3.8) is 0 Å². The number of hydrogen-bond donors (Lipinski definition) is 3. The van der Waals surface area contributed by atoms with Gasteiger partial charge in [-0.1, -0.05) is 6.07 Å².